The van der Waals surface area contributed by atoms with Gasteiger partial charge in [0.25, 0.3) is 0 Å². The molecule has 28 heavy (non-hydrogen) atoms. The van der Waals surface area contributed by atoms with E-state index in [9.17, 15) is 9.90 Å². The van der Waals surface area contributed by atoms with E-state index in [0.29, 0.717) is 22.2 Å². The van der Waals surface area contributed by atoms with E-state index in [1.807, 2.05) is 55.1 Å². The minimum atomic E-state index is -0.590. The molecule has 1 N–H and O–H groups in total. The number of thioether (sulfide) groups is 1. The number of carbonyl (C=O) groups excluding carboxylic acids is 1. The number of nitrogens with zero attached hydrogens (tertiary/aromatic N) is 2. The molecule has 0 atom stereocenters. The Labute approximate surface area is 168 Å². The van der Waals surface area contributed by atoms with Gasteiger partial charge in [-0.3, -0.25) is 0 Å². The van der Waals surface area contributed by atoms with Crippen molar-refractivity contribution in [3.63, 3.8) is 0 Å². The van der Waals surface area contributed by atoms with E-state index in [2.05, 4.69) is 4.99 Å². The lowest BCUT2D eigenvalue weighted by Gasteiger charge is -2.05. The van der Waals surface area contributed by atoms with Gasteiger partial charge in [0.1, 0.15) is 22.1 Å². The Morgan fingerprint density at radius 3 is 2.57 bits per heavy atom. The molecule has 0 amide bonds. The van der Waals surface area contributed by atoms with E-state index in [-0.39, 0.29) is 17.9 Å². The van der Waals surface area contributed by atoms with Gasteiger partial charge >= 0.3 is 5.97 Å². The zero-order valence-electron chi connectivity index (χ0n) is 16.0. The highest BCUT2D eigenvalue weighted by molar-refractivity contribution is 8.18. The lowest BCUT2D eigenvalue weighted by molar-refractivity contribution is -0.138. The Bertz CT molecular complexity index is 955. The minimum Gasteiger partial charge on any atom is -0.506 e. The number of aromatic nitrogens is 1. The van der Waals surface area contributed by atoms with Crippen LogP contribution in [0.5, 0.6) is 5.75 Å². The maximum absolute atomic E-state index is 12.4. The summed E-state index contributed by atoms with van der Waals surface area (Å²) in [7, 11) is 1.91. The number of hydrogen-bond donors (Lipinski definition) is 1. The molecule has 0 saturated carbocycles. The third-order valence-corrected chi connectivity index (χ3v) is 5.03. The first-order chi connectivity index (χ1) is 13.5. The number of aryl methyl sites for hydroxylation is 1. The van der Waals surface area contributed by atoms with Crippen molar-refractivity contribution in [2.24, 2.45) is 12.0 Å². The molecule has 0 aliphatic carbocycles. The van der Waals surface area contributed by atoms with Gasteiger partial charge in [-0.05, 0) is 56.3 Å². The monoisotopic (exact) mass is 398 g/mol. The lowest BCUT2D eigenvalue weighted by atomic mass is 10.2. The highest BCUT2D eigenvalue weighted by Crippen LogP contribution is 2.40. The van der Waals surface area contributed by atoms with Crippen molar-refractivity contribution in [2.75, 3.05) is 13.2 Å². The molecule has 0 spiro atoms. The van der Waals surface area contributed by atoms with Crippen molar-refractivity contribution in [2.45, 2.75) is 13.8 Å². The van der Waals surface area contributed by atoms with Crippen LogP contribution < -0.4 is 4.74 Å². The average molecular weight is 398 g/mol. The first kappa shape index (κ1) is 19.8. The molecule has 0 unspecified atom stereocenters. The van der Waals surface area contributed by atoms with Crippen LogP contribution in [0.3, 0.4) is 0 Å². The molecule has 0 radical (unpaired) electrons. The molecule has 6 nitrogen and oxygen atoms in total. The van der Waals surface area contributed by atoms with Crippen LogP contribution in [0.25, 0.3) is 6.08 Å². The molecular formula is C21H22N2O4S. The average Bonchev–Trinajstić information content (AvgIpc) is 3.21. The minimum absolute atomic E-state index is 0.0844. The second kappa shape index (κ2) is 8.84. The molecule has 7 heteroatoms. The number of aliphatic hydroxyl groups excluding tert-OH is 1. The van der Waals surface area contributed by atoms with E-state index in [4.69, 9.17) is 9.47 Å². The number of ether oxygens (including phenoxy) is 2. The number of rotatable bonds is 6. The van der Waals surface area contributed by atoms with Gasteiger partial charge in [0.15, 0.2) is 0 Å². The van der Waals surface area contributed by atoms with Crippen LogP contribution in [0, 0.1) is 0 Å². The molecule has 1 aliphatic rings. The first-order valence-corrected chi connectivity index (χ1v) is 9.78. The maximum Gasteiger partial charge on any atom is 0.344 e. The van der Waals surface area contributed by atoms with E-state index in [1.54, 1.807) is 19.1 Å². The summed E-state index contributed by atoms with van der Waals surface area (Å²) in [5, 5.41) is 11.1. The fourth-order valence-electron chi connectivity index (χ4n) is 2.65. The number of hydrogen-bond acceptors (Lipinski definition) is 6. The summed E-state index contributed by atoms with van der Waals surface area (Å²) in [6.07, 6.45) is 3.73. The summed E-state index contributed by atoms with van der Waals surface area (Å²) in [4.78, 5) is 17.5. The van der Waals surface area contributed by atoms with Gasteiger partial charge in [-0.2, -0.15) is 0 Å². The fourth-order valence-corrected chi connectivity index (χ4v) is 3.67. The van der Waals surface area contributed by atoms with Gasteiger partial charge in [0.05, 0.1) is 23.8 Å². The molecule has 1 aromatic heterocycles. The fraction of sp³-hybridized carbons (Fsp3) is 0.238. The van der Waals surface area contributed by atoms with Crippen LogP contribution in [0.2, 0.25) is 0 Å². The van der Waals surface area contributed by atoms with Gasteiger partial charge in [0.2, 0.25) is 0 Å². The highest BCUT2D eigenvalue weighted by atomic mass is 32.2. The smallest absolute Gasteiger partial charge is 0.344 e. The molecular weight excluding hydrogens is 376 g/mol. The predicted octanol–water partition coefficient (Wildman–Crippen LogP) is 4.62. The largest absolute Gasteiger partial charge is 0.506 e. The molecule has 0 fully saturated rings. The van der Waals surface area contributed by atoms with Crippen molar-refractivity contribution < 1.29 is 19.4 Å². The summed E-state index contributed by atoms with van der Waals surface area (Å²) in [5.41, 5.74) is 1.64. The zero-order valence-corrected chi connectivity index (χ0v) is 16.8. The van der Waals surface area contributed by atoms with Crippen LogP contribution in [-0.2, 0) is 16.6 Å². The van der Waals surface area contributed by atoms with Crippen LogP contribution >= 0.6 is 11.8 Å². The van der Waals surface area contributed by atoms with Crippen LogP contribution in [0.1, 0.15) is 19.5 Å². The van der Waals surface area contributed by atoms with E-state index in [1.165, 1.54) is 11.8 Å². The van der Waals surface area contributed by atoms with Crippen molar-refractivity contribution in [3.8, 4) is 5.75 Å². The van der Waals surface area contributed by atoms with Crippen LogP contribution in [0.4, 0.5) is 5.69 Å². The van der Waals surface area contributed by atoms with Crippen molar-refractivity contribution in [1.29, 1.82) is 0 Å². The topological polar surface area (TPSA) is 73.0 Å². The third-order valence-electron chi connectivity index (χ3n) is 4.01. The molecule has 0 saturated heterocycles. The Balaban J connectivity index is 1.98. The van der Waals surface area contributed by atoms with Gasteiger partial charge in [0, 0.05) is 18.9 Å². The Hall–Kier alpha value is -2.93. The third kappa shape index (κ3) is 4.31. The zero-order chi connectivity index (χ0) is 20.1. The Morgan fingerprint density at radius 1 is 1.21 bits per heavy atom. The molecule has 2 heterocycles. The highest BCUT2D eigenvalue weighted by Gasteiger charge is 2.33. The van der Waals surface area contributed by atoms with Gasteiger partial charge in [-0.15, -0.1) is 0 Å². The maximum atomic E-state index is 12.4. The summed E-state index contributed by atoms with van der Waals surface area (Å²) >= 11 is 1.24. The molecule has 2 aromatic rings. The second-order valence-corrected chi connectivity index (χ2v) is 6.97. The van der Waals surface area contributed by atoms with Crippen LogP contribution in [0.15, 0.2) is 63.8 Å². The number of carbonyl (C=O) groups is 1. The van der Waals surface area contributed by atoms with Gasteiger partial charge < -0.3 is 19.1 Å². The van der Waals surface area contributed by atoms with E-state index in [0.717, 1.165) is 11.4 Å². The van der Waals surface area contributed by atoms with Gasteiger partial charge in [-0.1, -0.05) is 11.8 Å². The number of benzene rings is 1. The van der Waals surface area contributed by atoms with Crippen molar-refractivity contribution >= 4 is 34.5 Å². The Morgan fingerprint density at radius 2 is 1.96 bits per heavy atom. The second-order valence-electron chi connectivity index (χ2n) is 5.94. The van der Waals surface area contributed by atoms with E-state index >= 15 is 0 Å². The Kier molecular flexibility index (Phi) is 6.26. The molecule has 1 aromatic carbocycles. The summed E-state index contributed by atoms with van der Waals surface area (Å²) in [6, 6.07) is 11.1. The first-order valence-electron chi connectivity index (χ1n) is 8.97. The quantitative estimate of drug-likeness (QED) is 0.719. The van der Waals surface area contributed by atoms with Crippen molar-refractivity contribution in [1.82, 2.24) is 4.57 Å². The number of esters is 1. The number of aliphatic imine (C=N–C) groups is 1. The van der Waals surface area contributed by atoms with E-state index < -0.39 is 5.97 Å². The molecule has 146 valence electrons. The van der Waals surface area contributed by atoms with Crippen molar-refractivity contribution in [3.05, 3.63) is 64.5 Å². The summed E-state index contributed by atoms with van der Waals surface area (Å²) in [6.45, 7) is 4.44. The molecule has 0 bridgehead atoms. The van der Waals surface area contributed by atoms with Gasteiger partial charge in [-0.25, -0.2) is 9.79 Å². The lowest BCUT2D eigenvalue weighted by Crippen LogP contribution is -2.12. The number of aliphatic hydroxyl groups is 1. The van der Waals surface area contributed by atoms with Crippen LogP contribution in [-0.4, -0.2) is 33.9 Å². The SMILES string of the molecule is CCOC(=O)C1=C(O)C(=Cc2cccn2C)SC1=Nc1ccc(OCC)cc1. The summed E-state index contributed by atoms with van der Waals surface area (Å²) in [5.74, 6) is 0.0422. The standard InChI is InChI=1S/C21H22N2O4S/c1-4-26-16-10-8-14(9-11-16)22-20-18(21(25)27-5-2)19(24)17(28-20)13-15-7-6-12-23(15)3/h6-13,24H,4-5H2,1-3H3. The normalized spacial score (nSPS) is 16.8. The summed E-state index contributed by atoms with van der Waals surface area (Å²) < 4.78 is 12.5. The predicted molar refractivity (Wildman–Crippen MR) is 112 cm³/mol. The molecule has 3 rings (SSSR count). The molecule has 1 aliphatic heterocycles.